The molecule has 0 saturated carbocycles. The van der Waals surface area contributed by atoms with Gasteiger partial charge in [0.05, 0.1) is 12.5 Å². The van der Waals surface area contributed by atoms with Crippen molar-refractivity contribution in [2.45, 2.75) is 46.5 Å². The van der Waals surface area contributed by atoms with E-state index in [0.29, 0.717) is 6.61 Å². The summed E-state index contributed by atoms with van der Waals surface area (Å²) in [4.78, 5) is 11.3. The van der Waals surface area contributed by atoms with Crippen LogP contribution in [-0.2, 0) is 9.53 Å². The molecule has 1 unspecified atom stereocenters. The average Bonchev–Trinajstić information content (AvgIpc) is 2.06. The lowest BCUT2D eigenvalue weighted by molar-refractivity contribution is -0.148. The van der Waals surface area contributed by atoms with Crippen molar-refractivity contribution >= 4 is 5.97 Å². The molecule has 0 N–H and O–H groups in total. The topological polar surface area (TPSA) is 26.3 Å². The summed E-state index contributed by atoms with van der Waals surface area (Å²) < 4.78 is 4.95. The predicted octanol–water partition coefficient (Wildman–Crippen LogP) is 2.77. The van der Waals surface area contributed by atoms with Gasteiger partial charge in [-0.3, -0.25) is 4.79 Å². The van der Waals surface area contributed by atoms with Gasteiger partial charge in [0.15, 0.2) is 0 Å². The molecule has 0 aromatic heterocycles. The van der Waals surface area contributed by atoms with Crippen molar-refractivity contribution in [3.05, 3.63) is 0 Å². The Hall–Kier alpha value is -0.530. The fourth-order valence-electron chi connectivity index (χ4n) is 1.20. The number of hydrogen-bond donors (Lipinski definition) is 0. The first-order valence-corrected chi connectivity index (χ1v) is 4.92. The Morgan fingerprint density at radius 2 is 2.00 bits per heavy atom. The normalized spacial score (nSPS) is 12.6. The molecule has 1 atom stereocenters. The zero-order valence-electron chi connectivity index (χ0n) is 8.43. The van der Waals surface area contributed by atoms with Crippen molar-refractivity contribution < 1.29 is 9.53 Å². The molecule has 0 amide bonds. The monoisotopic (exact) mass is 172 g/mol. The molecule has 72 valence electrons. The number of ether oxygens (including phenoxy) is 1. The molecule has 0 bridgehead atoms. The molecule has 0 aliphatic carbocycles. The van der Waals surface area contributed by atoms with E-state index in [1.807, 2.05) is 13.8 Å². The first-order chi connectivity index (χ1) is 5.76. The maximum Gasteiger partial charge on any atom is 0.308 e. The smallest absolute Gasteiger partial charge is 0.308 e. The second-order valence-corrected chi connectivity index (χ2v) is 3.00. The van der Waals surface area contributed by atoms with E-state index < -0.39 is 0 Å². The molecule has 2 nitrogen and oxygen atoms in total. The second-order valence-electron chi connectivity index (χ2n) is 3.00. The van der Waals surface area contributed by atoms with Gasteiger partial charge < -0.3 is 4.74 Å². The Morgan fingerprint density at radius 1 is 1.33 bits per heavy atom. The maximum atomic E-state index is 11.3. The van der Waals surface area contributed by atoms with E-state index in [1.54, 1.807) is 0 Å². The molecular weight excluding hydrogens is 152 g/mol. The van der Waals surface area contributed by atoms with Crippen LogP contribution in [-0.4, -0.2) is 12.6 Å². The minimum atomic E-state index is -0.0200. The molecule has 0 aliphatic rings. The van der Waals surface area contributed by atoms with Gasteiger partial charge in [0.1, 0.15) is 0 Å². The highest BCUT2D eigenvalue weighted by molar-refractivity contribution is 5.72. The maximum absolute atomic E-state index is 11.3. The van der Waals surface area contributed by atoms with Crippen LogP contribution in [0.4, 0.5) is 0 Å². The first kappa shape index (κ1) is 11.5. The summed E-state index contributed by atoms with van der Waals surface area (Å²) in [7, 11) is 0. The van der Waals surface area contributed by atoms with Gasteiger partial charge in [-0.1, -0.05) is 26.7 Å². The van der Waals surface area contributed by atoms with Crippen LogP contribution in [0.25, 0.3) is 0 Å². The fourth-order valence-corrected chi connectivity index (χ4v) is 1.20. The molecule has 0 fully saturated rings. The number of rotatable bonds is 6. The van der Waals surface area contributed by atoms with Gasteiger partial charge in [0.25, 0.3) is 0 Å². The molecule has 0 rings (SSSR count). The van der Waals surface area contributed by atoms with Crippen LogP contribution in [0.2, 0.25) is 0 Å². The van der Waals surface area contributed by atoms with Gasteiger partial charge in [-0.25, -0.2) is 0 Å². The van der Waals surface area contributed by atoms with Crippen molar-refractivity contribution in [2.24, 2.45) is 5.92 Å². The fraction of sp³-hybridized carbons (Fsp3) is 0.900. The highest BCUT2D eigenvalue weighted by Crippen LogP contribution is 2.13. The van der Waals surface area contributed by atoms with Gasteiger partial charge in [0.2, 0.25) is 0 Å². The zero-order valence-corrected chi connectivity index (χ0v) is 8.43. The van der Waals surface area contributed by atoms with E-state index in [0.717, 1.165) is 25.7 Å². The quantitative estimate of drug-likeness (QED) is 0.576. The molecule has 12 heavy (non-hydrogen) atoms. The summed E-state index contributed by atoms with van der Waals surface area (Å²) in [5, 5.41) is 0. The van der Waals surface area contributed by atoms with Crippen molar-refractivity contribution in [1.29, 1.82) is 0 Å². The van der Waals surface area contributed by atoms with Crippen molar-refractivity contribution in [1.82, 2.24) is 0 Å². The van der Waals surface area contributed by atoms with E-state index in [2.05, 4.69) is 6.92 Å². The molecule has 0 spiro atoms. The SMILES string of the molecule is CCCCC(CC)C(=O)OCC. The molecule has 0 radical (unpaired) electrons. The molecule has 0 aliphatic heterocycles. The van der Waals surface area contributed by atoms with Gasteiger partial charge in [-0.05, 0) is 19.8 Å². The van der Waals surface area contributed by atoms with Crippen LogP contribution in [0.15, 0.2) is 0 Å². The summed E-state index contributed by atoms with van der Waals surface area (Å²) >= 11 is 0. The van der Waals surface area contributed by atoms with Crippen molar-refractivity contribution in [3.63, 3.8) is 0 Å². The first-order valence-electron chi connectivity index (χ1n) is 4.92. The van der Waals surface area contributed by atoms with Gasteiger partial charge in [-0.15, -0.1) is 0 Å². The van der Waals surface area contributed by atoms with Crippen LogP contribution in [0.5, 0.6) is 0 Å². The third kappa shape index (κ3) is 4.37. The number of esters is 1. The minimum Gasteiger partial charge on any atom is -0.466 e. The summed E-state index contributed by atoms with van der Waals surface area (Å²) in [6.45, 7) is 6.53. The Morgan fingerprint density at radius 3 is 2.42 bits per heavy atom. The van der Waals surface area contributed by atoms with Crippen LogP contribution in [0.1, 0.15) is 46.5 Å². The van der Waals surface area contributed by atoms with Crippen molar-refractivity contribution in [3.8, 4) is 0 Å². The Kier molecular flexibility index (Phi) is 6.82. The van der Waals surface area contributed by atoms with Crippen LogP contribution in [0.3, 0.4) is 0 Å². The van der Waals surface area contributed by atoms with Crippen LogP contribution >= 0.6 is 0 Å². The molecular formula is C10H20O2. The Labute approximate surface area is 75.3 Å². The minimum absolute atomic E-state index is 0.0200. The largest absolute Gasteiger partial charge is 0.466 e. The number of carbonyl (C=O) groups excluding carboxylic acids is 1. The van der Waals surface area contributed by atoms with Gasteiger partial charge in [-0.2, -0.15) is 0 Å². The highest BCUT2D eigenvalue weighted by atomic mass is 16.5. The van der Waals surface area contributed by atoms with E-state index in [4.69, 9.17) is 4.74 Å². The van der Waals surface area contributed by atoms with Gasteiger partial charge in [0, 0.05) is 0 Å². The number of unbranched alkanes of at least 4 members (excludes halogenated alkanes) is 1. The number of carbonyl (C=O) groups is 1. The molecule has 0 saturated heterocycles. The van der Waals surface area contributed by atoms with E-state index in [1.165, 1.54) is 0 Å². The third-order valence-electron chi connectivity index (χ3n) is 2.02. The molecule has 0 aromatic rings. The summed E-state index contributed by atoms with van der Waals surface area (Å²) in [5.41, 5.74) is 0. The lowest BCUT2D eigenvalue weighted by atomic mass is 10.00. The lowest BCUT2D eigenvalue weighted by Gasteiger charge is -2.12. The molecule has 2 heteroatoms. The molecule has 0 heterocycles. The van der Waals surface area contributed by atoms with Crippen LogP contribution in [0, 0.1) is 5.92 Å². The van der Waals surface area contributed by atoms with Crippen molar-refractivity contribution in [2.75, 3.05) is 6.61 Å². The Balaban J connectivity index is 3.71. The lowest BCUT2D eigenvalue weighted by Crippen LogP contribution is -2.16. The Bertz CT molecular complexity index is 121. The summed E-state index contributed by atoms with van der Waals surface area (Å²) in [6, 6.07) is 0. The van der Waals surface area contributed by atoms with E-state index in [9.17, 15) is 4.79 Å². The van der Waals surface area contributed by atoms with Crippen LogP contribution < -0.4 is 0 Å². The summed E-state index contributed by atoms with van der Waals surface area (Å²) in [6.07, 6.45) is 4.15. The standard InChI is InChI=1S/C10H20O2/c1-4-7-8-9(5-2)10(11)12-6-3/h9H,4-8H2,1-3H3. The second kappa shape index (κ2) is 7.14. The van der Waals surface area contributed by atoms with E-state index >= 15 is 0 Å². The zero-order chi connectivity index (χ0) is 9.40. The highest BCUT2D eigenvalue weighted by Gasteiger charge is 2.15. The average molecular weight is 172 g/mol. The molecule has 0 aromatic carbocycles. The third-order valence-corrected chi connectivity index (χ3v) is 2.02. The summed E-state index contributed by atoms with van der Waals surface area (Å²) in [5.74, 6) is 0.110. The predicted molar refractivity (Wildman–Crippen MR) is 49.9 cm³/mol. The van der Waals surface area contributed by atoms with Gasteiger partial charge >= 0.3 is 5.97 Å². The number of hydrogen-bond acceptors (Lipinski definition) is 2. The van der Waals surface area contributed by atoms with E-state index in [-0.39, 0.29) is 11.9 Å².